The summed E-state index contributed by atoms with van der Waals surface area (Å²) >= 11 is 0. The van der Waals surface area contributed by atoms with E-state index in [9.17, 15) is 4.79 Å². The van der Waals surface area contributed by atoms with E-state index in [1.165, 1.54) is 6.42 Å². The fraction of sp³-hybridized carbons (Fsp3) is 0.889. The molecule has 1 heteroatoms. The molecule has 0 aromatic rings. The van der Waals surface area contributed by atoms with Crippen molar-refractivity contribution >= 4 is 6.29 Å². The van der Waals surface area contributed by atoms with Crippen molar-refractivity contribution in [3.8, 4) is 0 Å². The van der Waals surface area contributed by atoms with Gasteiger partial charge >= 0.3 is 0 Å². The number of aldehydes is 1. The summed E-state index contributed by atoms with van der Waals surface area (Å²) in [6.07, 6.45) is 3.41. The first-order valence-corrected chi connectivity index (χ1v) is 4.00. The third-order valence-corrected chi connectivity index (χ3v) is 2.57. The molecule has 10 heavy (non-hydrogen) atoms. The molecule has 2 atom stereocenters. The minimum absolute atomic E-state index is 0.329. The minimum Gasteiger partial charge on any atom is -0.303 e. The molecule has 1 aliphatic rings. The van der Waals surface area contributed by atoms with Crippen LogP contribution >= 0.6 is 0 Å². The number of carbonyl (C=O) groups excluding carboxylic acids is 1. The van der Waals surface area contributed by atoms with Crippen LogP contribution in [-0.4, -0.2) is 6.29 Å². The molecule has 0 amide bonds. The average molecular weight is 140 g/mol. The smallest absolute Gasteiger partial charge is 0.123 e. The average Bonchev–Trinajstić information content (AvgIpc) is 2.05. The third-order valence-electron chi connectivity index (χ3n) is 2.57. The molecule has 58 valence electrons. The van der Waals surface area contributed by atoms with Gasteiger partial charge < -0.3 is 4.79 Å². The quantitative estimate of drug-likeness (QED) is 0.510. The molecule has 0 heterocycles. The molecule has 0 aromatic heterocycles. The van der Waals surface area contributed by atoms with E-state index in [1.807, 2.05) is 0 Å². The monoisotopic (exact) mass is 140 g/mol. The van der Waals surface area contributed by atoms with Gasteiger partial charge in [-0.2, -0.15) is 0 Å². The van der Waals surface area contributed by atoms with Gasteiger partial charge in [-0.05, 0) is 24.2 Å². The van der Waals surface area contributed by atoms with Crippen molar-refractivity contribution in [1.82, 2.24) is 0 Å². The molecular formula is C9H16O. The van der Waals surface area contributed by atoms with Crippen LogP contribution in [0.5, 0.6) is 0 Å². The Labute approximate surface area is 62.8 Å². The van der Waals surface area contributed by atoms with Crippen LogP contribution < -0.4 is 0 Å². The lowest BCUT2D eigenvalue weighted by atomic mass is 9.90. The zero-order chi connectivity index (χ0) is 7.78. The predicted molar refractivity (Wildman–Crippen MR) is 41.7 cm³/mol. The molecular weight excluding hydrogens is 124 g/mol. The molecule has 1 aliphatic carbocycles. The fourth-order valence-electron chi connectivity index (χ4n) is 2.13. The van der Waals surface area contributed by atoms with Crippen molar-refractivity contribution in [3.05, 3.63) is 0 Å². The summed E-state index contributed by atoms with van der Waals surface area (Å²) < 4.78 is 0. The van der Waals surface area contributed by atoms with Crippen molar-refractivity contribution < 1.29 is 4.79 Å². The van der Waals surface area contributed by atoms with Gasteiger partial charge in [-0.15, -0.1) is 0 Å². The van der Waals surface area contributed by atoms with E-state index >= 15 is 0 Å². The van der Waals surface area contributed by atoms with Crippen LogP contribution in [0.15, 0.2) is 0 Å². The standard InChI is InChI=1S/C9H16O/c1-7-4-9(2,3)5-8(7)6-10/h6-8H,4-5H2,1-3H3. The summed E-state index contributed by atoms with van der Waals surface area (Å²) in [6.45, 7) is 6.66. The Kier molecular flexibility index (Phi) is 1.84. The van der Waals surface area contributed by atoms with Gasteiger partial charge in [-0.3, -0.25) is 0 Å². The van der Waals surface area contributed by atoms with Gasteiger partial charge in [0, 0.05) is 5.92 Å². The Bertz CT molecular complexity index is 138. The van der Waals surface area contributed by atoms with Crippen LogP contribution in [0.3, 0.4) is 0 Å². The molecule has 1 rings (SSSR count). The van der Waals surface area contributed by atoms with Crippen LogP contribution in [0, 0.1) is 17.3 Å². The molecule has 0 spiro atoms. The van der Waals surface area contributed by atoms with Gasteiger partial charge in [0.05, 0.1) is 0 Å². The lowest BCUT2D eigenvalue weighted by Gasteiger charge is -2.15. The van der Waals surface area contributed by atoms with E-state index in [-0.39, 0.29) is 0 Å². The van der Waals surface area contributed by atoms with Gasteiger partial charge in [0.15, 0.2) is 0 Å². The molecule has 2 unspecified atom stereocenters. The second-order valence-corrected chi connectivity index (χ2v) is 4.35. The zero-order valence-electron chi connectivity index (χ0n) is 7.05. The van der Waals surface area contributed by atoms with Crippen LogP contribution in [0.1, 0.15) is 33.6 Å². The van der Waals surface area contributed by atoms with E-state index in [2.05, 4.69) is 20.8 Å². The van der Waals surface area contributed by atoms with Crippen LogP contribution in [0.2, 0.25) is 0 Å². The first-order chi connectivity index (χ1) is 4.55. The van der Waals surface area contributed by atoms with E-state index < -0.39 is 0 Å². The van der Waals surface area contributed by atoms with E-state index in [0.29, 0.717) is 17.3 Å². The summed E-state index contributed by atoms with van der Waals surface area (Å²) in [6, 6.07) is 0. The maximum atomic E-state index is 10.5. The lowest BCUT2D eigenvalue weighted by molar-refractivity contribution is -0.111. The molecule has 0 aromatic carbocycles. The lowest BCUT2D eigenvalue weighted by Crippen LogP contribution is -2.05. The number of carbonyl (C=O) groups is 1. The molecule has 1 saturated carbocycles. The van der Waals surface area contributed by atoms with Crippen LogP contribution in [0.4, 0.5) is 0 Å². The molecule has 0 N–H and O–H groups in total. The predicted octanol–water partition coefficient (Wildman–Crippen LogP) is 2.26. The Hall–Kier alpha value is -0.330. The van der Waals surface area contributed by atoms with Crippen molar-refractivity contribution in [2.45, 2.75) is 33.6 Å². The summed E-state index contributed by atoms with van der Waals surface area (Å²) in [5, 5.41) is 0. The van der Waals surface area contributed by atoms with Crippen molar-refractivity contribution in [1.29, 1.82) is 0 Å². The first-order valence-electron chi connectivity index (χ1n) is 4.00. The van der Waals surface area contributed by atoms with Crippen molar-refractivity contribution in [3.63, 3.8) is 0 Å². The number of hydrogen-bond acceptors (Lipinski definition) is 1. The molecule has 1 fully saturated rings. The fourth-order valence-corrected chi connectivity index (χ4v) is 2.13. The SMILES string of the molecule is CC1CC(C)(C)CC1C=O. The Morgan fingerprint density at radius 1 is 1.40 bits per heavy atom. The second kappa shape index (κ2) is 2.37. The highest BCUT2D eigenvalue weighted by Crippen LogP contribution is 2.43. The molecule has 0 bridgehead atoms. The van der Waals surface area contributed by atoms with Gasteiger partial charge in [0.1, 0.15) is 6.29 Å². The molecule has 0 radical (unpaired) electrons. The third kappa shape index (κ3) is 1.39. The highest BCUT2D eigenvalue weighted by Gasteiger charge is 2.36. The van der Waals surface area contributed by atoms with E-state index in [4.69, 9.17) is 0 Å². The summed E-state index contributed by atoms with van der Waals surface area (Å²) in [7, 11) is 0. The van der Waals surface area contributed by atoms with Gasteiger partial charge in [0.25, 0.3) is 0 Å². The molecule has 1 nitrogen and oxygen atoms in total. The van der Waals surface area contributed by atoms with Crippen molar-refractivity contribution in [2.75, 3.05) is 0 Å². The summed E-state index contributed by atoms with van der Waals surface area (Å²) in [5.74, 6) is 0.933. The van der Waals surface area contributed by atoms with Crippen molar-refractivity contribution in [2.24, 2.45) is 17.3 Å². The maximum absolute atomic E-state index is 10.5. The topological polar surface area (TPSA) is 17.1 Å². The zero-order valence-corrected chi connectivity index (χ0v) is 7.05. The Morgan fingerprint density at radius 2 is 2.00 bits per heavy atom. The summed E-state index contributed by atoms with van der Waals surface area (Å²) in [5.41, 5.74) is 0.408. The Morgan fingerprint density at radius 3 is 2.20 bits per heavy atom. The normalized spacial score (nSPS) is 37.9. The van der Waals surface area contributed by atoms with Gasteiger partial charge in [-0.25, -0.2) is 0 Å². The van der Waals surface area contributed by atoms with E-state index in [0.717, 1.165) is 12.7 Å². The van der Waals surface area contributed by atoms with E-state index in [1.54, 1.807) is 0 Å². The van der Waals surface area contributed by atoms with Gasteiger partial charge in [0.2, 0.25) is 0 Å². The highest BCUT2D eigenvalue weighted by atomic mass is 16.1. The second-order valence-electron chi connectivity index (χ2n) is 4.35. The van der Waals surface area contributed by atoms with Crippen LogP contribution in [-0.2, 0) is 4.79 Å². The highest BCUT2D eigenvalue weighted by molar-refractivity contribution is 5.54. The first kappa shape index (κ1) is 7.77. The summed E-state index contributed by atoms with van der Waals surface area (Å²) in [4.78, 5) is 10.5. The molecule has 0 aliphatic heterocycles. The maximum Gasteiger partial charge on any atom is 0.123 e. The minimum atomic E-state index is 0.329. The van der Waals surface area contributed by atoms with Crippen LogP contribution in [0.25, 0.3) is 0 Å². The largest absolute Gasteiger partial charge is 0.303 e. The van der Waals surface area contributed by atoms with Gasteiger partial charge in [-0.1, -0.05) is 20.8 Å². The number of rotatable bonds is 1. The molecule has 0 saturated heterocycles. The Balaban J connectivity index is 2.60. The number of hydrogen-bond donors (Lipinski definition) is 0.